The van der Waals surface area contributed by atoms with Gasteiger partial charge in [0, 0.05) is 43.4 Å². The first-order valence-electron chi connectivity index (χ1n) is 10.0. The van der Waals surface area contributed by atoms with Gasteiger partial charge in [-0.05, 0) is 54.8 Å². The minimum Gasteiger partial charge on any atom is -0.347 e. The molecule has 0 spiro atoms. The number of carbonyl (C=O) groups is 2. The molecule has 1 aromatic heterocycles. The average molecular weight is 408 g/mol. The van der Waals surface area contributed by atoms with E-state index in [1.54, 1.807) is 36.0 Å². The summed E-state index contributed by atoms with van der Waals surface area (Å²) in [5.41, 5.74) is 2.59. The number of hydrogen-bond donors (Lipinski definition) is 1. The van der Waals surface area contributed by atoms with Crippen LogP contribution >= 0.6 is 0 Å². The molecular weight excluding hydrogens is 383 g/mol. The Balaban J connectivity index is 1.49. The monoisotopic (exact) mass is 408 g/mol. The number of carbonyl (C=O) groups excluding carboxylic acids is 2. The number of urea groups is 1. The maximum atomic E-state index is 13.2. The highest BCUT2D eigenvalue weighted by Gasteiger charge is 2.30. The maximum Gasteiger partial charge on any atom is 0.322 e. The fraction of sp³-hybridized carbons (Fsp3) is 0.304. The van der Waals surface area contributed by atoms with Crippen LogP contribution < -0.4 is 5.32 Å². The van der Waals surface area contributed by atoms with Crippen molar-refractivity contribution in [2.75, 3.05) is 26.0 Å². The second-order valence-corrected chi connectivity index (χ2v) is 7.84. The molecule has 1 N–H and O–H groups in total. The summed E-state index contributed by atoms with van der Waals surface area (Å²) in [6.45, 7) is 0.939. The average Bonchev–Trinajstić information content (AvgIpc) is 3.36. The molecule has 156 valence electrons. The minimum absolute atomic E-state index is 0.0192. The first-order chi connectivity index (χ1) is 14.4. The van der Waals surface area contributed by atoms with Crippen LogP contribution in [0.4, 0.5) is 14.9 Å². The predicted octanol–water partition coefficient (Wildman–Crippen LogP) is 4.24. The van der Waals surface area contributed by atoms with Crippen molar-refractivity contribution in [2.45, 2.75) is 25.4 Å². The summed E-state index contributed by atoms with van der Waals surface area (Å²) >= 11 is 0. The van der Waals surface area contributed by atoms with Gasteiger partial charge in [-0.25, -0.2) is 9.18 Å². The lowest BCUT2D eigenvalue weighted by atomic mass is 10.0. The number of anilines is 1. The number of hydrogen-bond acceptors (Lipinski definition) is 2. The Morgan fingerprint density at radius 2 is 1.90 bits per heavy atom. The highest BCUT2D eigenvalue weighted by atomic mass is 19.1. The topological polar surface area (TPSA) is 57.6 Å². The summed E-state index contributed by atoms with van der Waals surface area (Å²) in [6, 6.07) is 13.8. The molecule has 4 rings (SSSR count). The molecule has 3 aromatic rings. The molecule has 2 heterocycles. The second-order valence-electron chi connectivity index (χ2n) is 7.84. The van der Waals surface area contributed by atoms with E-state index in [1.165, 1.54) is 12.1 Å². The van der Waals surface area contributed by atoms with Crippen LogP contribution in [0.25, 0.3) is 10.9 Å². The molecule has 1 atom stereocenters. The summed E-state index contributed by atoms with van der Waals surface area (Å²) in [6.07, 6.45) is 3.65. The minimum atomic E-state index is -0.278. The molecule has 7 heteroatoms. The highest BCUT2D eigenvalue weighted by molar-refractivity contribution is 5.93. The van der Waals surface area contributed by atoms with E-state index >= 15 is 0 Å². The molecule has 0 aliphatic carbocycles. The zero-order chi connectivity index (χ0) is 21.3. The lowest BCUT2D eigenvalue weighted by molar-refractivity contribution is -0.129. The van der Waals surface area contributed by atoms with E-state index in [2.05, 4.69) is 5.32 Å². The summed E-state index contributed by atoms with van der Waals surface area (Å²) in [5, 5.41) is 3.94. The quantitative estimate of drug-likeness (QED) is 0.702. The van der Waals surface area contributed by atoms with Crippen LogP contribution in [0.3, 0.4) is 0 Å². The number of likely N-dealkylation sites (tertiary alicyclic amines) is 1. The van der Waals surface area contributed by atoms with Gasteiger partial charge in [0.1, 0.15) is 12.4 Å². The van der Waals surface area contributed by atoms with E-state index in [0.29, 0.717) is 12.2 Å². The van der Waals surface area contributed by atoms with E-state index in [0.717, 1.165) is 29.3 Å². The van der Waals surface area contributed by atoms with Crippen molar-refractivity contribution in [3.8, 4) is 0 Å². The Morgan fingerprint density at radius 3 is 2.63 bits per heavy atom. The fourth-order valence-corrected chi connectivity index (χ4v) is 3.94. The van der Waals surface area contributed by atoms with Crippen LogP contribution in [0.15, 0.2) is 54.7 Å². The van der Waals surface area contributed by atoms with Crippen molar-refractivity contribution >= 4 is 28.5 Å². The lowest BCUT2D eigenvalue weighted by Gasteiger charge is -2.25. The van der Waals surface area contributed by atoms with Gasteiger partial charge in [0.15, 0.2) is 0 Å². The van der Waals surface area contributed by atoms with Crippen LogP contribution in [0.1, 0.15) is 24.4 Å². The van der Waals surface area contributed by atoms with Crippen molar-refractivity contribution in [1.29, 1.82) is 0 Å². The zero-order valence-corrected chi connectivity index (χ0v) is 17.1. The van der Waals surface area contributed by atoms with E-state index in [-0.39, 0.29) is 30.3 Å². The maximum absolute atomic E-state index is 13.2. The van der Waals surface area contributed by atoms with E-state index < -0.39 is 0 Å². The van der Waals surface area contributed by atoms with Crippen molar-refractivity contribution in [2.24, 2.45) is 0 Å². The third kappa shape index (κ3) is 4.01. The smallest absolute Gasteiger partial charge is 0.322 e. The van der Waals surface area contributed by atoms with Crippen LogP contribution in [0.5, 0.6) is 0 Å². The lowest BCUT2D eigenvalue weighted by Crippen LogP contribution is -2.34. The van der Waals surface area contributed by atoms with Gasteiger partial charge >= 0.3 is 6.03 Å². The molecule has 0 bridgehead atoms. The number of benzene rings is 2. The number of halogens is 1. The first kappa shape index (κ1) is 19.9. The van der Waals surface area contributed by atoms with Gasteiger partial charge in [-0.15, -0.1) is 0 Å². The van der Waals surface area contributed by atoms with Gasteiger partial charge in [-0.3, -0.25) is 4.79 Å². The number of nitrogens with one attached hydrogen (secondary N) is 1. The number of nitrogens with zero attached hydrogens (tertiary/aromatic N) is 3. The van der Waals surface area contributed by atoms with Gasteiger partial charge in [-0.2, -0.15) is 0 Å². The first-order valence-corrected chi connectivity index (χ1v) is 10.0. The molecule has 1 aliphatic heterocycles. The Bertz CT molecular complexity index is 1070. The fourth-order valence-electron chi connectivity index (χ4n) is 3.94. The van der Waals surface area contributed by atoms with Gasteiger partial charge in [-0.1, -0.05) is 12.1 Å². The Morgan fingerprint density at radius 1 is 1.13 bits per heavy atom. The molecule has 2 aromatic carbocycles. The SMILES string of the molecule is CN(C)C(=O)Cn1ccc2cc(NC(=O)N3CCCC3c3ccc(F)cc3)ccc21. The van der Waals surface area contributed by atoms with Gasteiger partial charge in [0.05, 0.1) is 6.04 Å². The van der Waals surface area contributed by atoms with Gasteiger partial charge in [0.2, 0.25) is 5.91 Å². The van der Waals surface area contributed by atoms with Crippen LogP contribution in [0.2, 0.25) is 0 Å². The molecule has 1 unspecified atom stereocenters. The van der Waals surface area contributed by atoms with Gasteiger partial charge < -0.3 is 19.7 Å². The van der Waals surface area contributed by atoms with E-state index in [1.807, 2.05) is 35.0 Å². The summed E-state index contributed by atoms with van der Waals surface area (Å²) in [4.78, 5) is 28.3. The third-order valence-electron chi connectivity index (χ3n) is 5.60. The van der Waals surface area contributed by atoms with Crippen molar-refractivity contribution in [3.05, 3.63) is 66.1 Å². The largest absolute Gasteiger partial charge is 0.347 e. The number of amides is 3. The molecule has 0 saturated carbocycles. The Hall–Kier alpha value is -3.35. The summed E-state index contributed by atoms with van der Waals surface area (Å²) in [5.74, 6) is -0.258. The van der Waals surface area contributed by atoms with Crippen LogP contribution in [0, 0.1) is 5.82 Å². The second kappa shape index (κ2) is 8.18. The zero-order valence-electron chi connectivity index (χ0n) is 17.1. The normalized spacial score (nSPS) is 16.1. The number of rotatable bonds is 4. The molecular formula is C23H25FN4O2. The molecule has 3 amide bonds. The molecule has 0 radical (unpaired) electrons. The van der Waals surface area contributed by atoms with Crippen LogP contribution in [-0.4, -0.2) is 46.9 Å². The van der Waals surface area contributed by atoms with Gasteiger partial charge in [0.25, 0.3) is 0 Å². The molecule has 30 heavy (non-hydrogen) atoms. The van der Waals surface area contributed by atoms with Crippen molar-refractivity contribution < 1.29 is 14.0 Å². The molecule has 1 fully saturated rings. The van der Waals surface area contributed by atoms with Crippen LogP contribution in [-0.2, 0) is 11.3 Å². The molecule has 1 saturated heterocycles. The highest BCUT2D eigenvalue weighted by Crippen LogP contribution is 2.32. The van der Waals surface area contributed by atoms with Crippen molar-refractivity contribution in [3.63, 3.8) is 0 Å². The third-order valence-corrected chi connectivity index (χ3v) is 5.60. The Kier molecular flexibility index (Phi) is 5.44. The molecule has 1 aliphatic rings. The summed E-state index contributed by atoms with van der Waals surface area (Å²) < 4.78 is 15.1. The number of aromatic nitrogens is 1. The predicted molar refractivity (Wildman–Crippen MR) is 115 cm³/mol. The molecule has 6 nitrogen and oxygen atoms in total. The number of likely N-dealkylation sites (N-methyl/N-ethyl adjacent to an activating group) is 1. The van der Waals surface area contributed by atoms with E-state index in [9.17, 15) is 14.0 Å². The Labute approximate surface area is 174 Å². The summed E-state index contributed by atoms with van der Waals surface area (Å²) in [7, 11) is 3.47. The van der Waals surface area contributed by atoms with E-state index in [4.69, 9.17) is 0 Å². The standard InChI is InChI=1S/C23H25FN4O2/c1-26(2)22(29)15-27-13-11-17-14-19(9-10-20(17)27)25-23(30)28-12-3-4-21(28)16-5-7-18(24)8-6-16/h5-11,13-14,21H,3-4,12,15H2,1-2H3,(H,25,30). The number of fused-ring (bicyclic) bond motifs is 1. The van der Waals surface area contributed by atoms with Crippen molar-refractivity contribution in [1.82, 2.24) is 14.4 Å².